The molecule has 0 unspecified atom stereocenters. The molecule has 1 heterocycles. The largest absolute Gasteiger partial charge is 0.368 e. The van der Waals surface area contributed by atoms with E-state index in [4.69, 9.17) is 0 Å². The highest BCUT2D eigenvalue weighted by molar-refractivity contribution is 7.90. The molecule has 0 radical (unpaired) electrons. The lowest BCUT2D eigenvalue weighted by atomic mass is 10.1. The number of hydrogen-bond donors (Lipinski definition) is 0. The molecule has 3 rings (SSSR count). The predicted molar refractivity (Wildman–Crippen MR) is 94.1 cm³/mol. The summed E-state index contributed by atoms with van der Waals surface area (Å²) in [5.74, 6) is 0.0418. The summed E-state index contributed by atoms with van der Waals surface area (Å²) in [7, 11) is -3.22. The summed E-state index contributed by atoms with van der Waals surface area (Å²) in [5, 5.41) is 0. The van der Waals surface area contributed by atoms with Crippen molar-refractivity contribution in [3.05, 3.63) is 60.2 Å². The molecule has 0 atom stereocenters. The van der Waals surface area contributed by atoms with Gasteiger partial charge in [0.15, 0.2) is 9.84 Å². The van der Waals surface area contributed by atoms with Crippen molar-refractivity contribution in [3.8, 4) is 0 Å². The quantitative estimate of drug-likeness (QED) is 0.855. The number of nitrogens with zero attached hydrogens (tertiary/aromatic N) is 2. The molecule has 1 aliphatic rings. The van der Waals surface area contributed by atoms with Gasteiger partial charge in [-0.05, 0) is 30.3 Å². The molecule has 0 spiro atoms. The van der Waals surface area contributed by atoms with Crippen LogP contribution < -0.4 is 4.90 Å². The molecule has 0 bridgehead atoms. The Bertz CT molecular complexity index is 826. The summed E-state index contributed by atoms with van der Waals surface area (Å²) < 4.78 is 23.4. The second kappa shape index (κ2) is 6.65. The number of carbonyl (C=O) groups is 1. The van der Waals surface area contributed by atoms with E-state index in [2.05, 4.69) is 4.90 Å². The molecular weight excluding hydrogens is 324 g/mol. The molecule has 126 valence electrons. The molecular formula is C18H20N2O3S. The second-order valence-corrected chi connectivity index (χ2v) is 7.93. The summed E-state index contributed by atoms with van der Waals surface area (Å²) in [6.07, 6.45) is 1.21. The Morgan fingerprint density at radius 2 is 1.58 bits per heavy atom. The topological polar surface area (TPSA) is 57.7 Å². The number of rotatable bonds is 3. The number of sulfone groups is 1. The van der Waals surface area contributed by atoms with Crippen LogP contribution in [0.2, 0.25) is 0 Å². The van der Waals surface area contributed by atoms with E-state index in [0.29, 0.717) is 36.6 Å². The molecule has 5 nitrogen and oxygen atoms in total. The molecule has 2 aromatic carbocycles. The first-order valence-corrected chi connectivity index (χ1v) is 9.74. The third-order valence-corrected chi connectivity index (χ3v) is 5.31. The molecule has 6 heteroatoms. The van der Waals surface area contributed by atoms with Gasteiger partial charge in [0.25, 0.3) is 5.91 Å². The summed E-state index contributed by atoms with van der Waals surface area (Å²) in [5.41, 5.74) is 1.58. The minimum absolute atomic E-state index is 0.0418. The van der Waals surface area contributed by atoms with Crippen molar-refractivity contribution >= 4 is 21.4 Å². The van der Waals surface area contributed by atoms with Crippen LogP contribution in [0.4, 0.5) is 5.69 Å². The van der Waals surface area contributed by atoms with E-state index in [1.165, 1.54) is 6.26 Å². The van der Waals surface area contributed by atoms with Crippen LogP contribution in [0.25, 0.3) is 0 Å². The first-order chi connectivity index (χ1) is 11.4. The Hall–Kier alpha value is -2.34. The SMILES string of the molecule is CS(=O)(=O)c1cccc(N2CCN(C(=O)c3ccccc3)CC2)c1. The Morgan fingerprint density at radius 3 is 2.21 bits per heavy atom. The number of carbonyl (C=O) groups excluding carboxylic acids is 1. The molecule has 0 aliphatic carbocycles. The number of benzene rings is 2. The molecule has 0 aromatic heterocycles. The third kappa shape index (κ3) is 3.59. The Balaban J connectivity index is 1.68. The molecule has 1 saturated heterocycles. The lowest BCUT2D eigenvalue weighted by Gasteiger charge is -2.36. The standard InChI is InChI=1S/C18H20N2O3S/c1-24(22,23)17-9-5-8-16(14-17)19-10-12-20(13-11-19)18(21)15-6-3-2-4-7-15/h2-9,14H,10-13H2,1H3. The van der Waals surface area contributed by atoms with Crippen LogP contribution in [0.1, 0.15) is 10.4 Å². The average molecular weight is 344 g/mol. The van der Waals surface area contributed by atoms with Crippen molar-refractivity contribution < 1.29 is 13.2 Å². The highest BCUT2D eigenvalue weighted by Crippen LogP contribution is 2.21. The highest BCUT2D eigenvalue weighted by atomic mass is 32.2. The van der Waals surface area contributed by atoms with Gasteiger partial charge in [0.05, 0.1) is 4.90 Å². The molecule has 1 aliphatic heterocycles. The van der Waals surface area contributed by atoms with E-state index in [1.807, 2.05) is 41.3 Å². The molecule has 1 amide bonds. The van der Waals surface area contributed by atoms with E-state index < -0.39 is 9.84 Å². The fraction of sp³-hybridized carbons (Fsp3) is 0.278. The van der Waals surface area contributed by atoms with E-state index in [0.717, 1.165) is 5.69 Å². The van der Waals surface area contributed by atoms with E-state index in [9.17, 15) is 13.2 Å². The smallest absolute Gasteiger partial charge is 0.253 e. The minimum atomic E-state index is -3.22. The molecule has 0 saturated carbocycles. The molecule has 2 aromatic rings. The van der Waals surface area contributed by atoms with Crippen LogP contribution in [-0.4, -0.2) is 51.7 Å². The van der Waals surface area contributed by atoms with Gasteiger partial charge in [-0.15, -0.1) is 0 Å². The Kier molecular flexibility index (Phi) is 4.57. The highest BCUT2D eigenvalue weighted by Gasteiger charge is 2.22. The third-order valence-electron chi connectivity index (χ3n) is 4.20. The Morgan fingerprint density at radius 1 is 0.917 bits per heavy atom. The van der Waals surface area contributed by atoms with Gasteiger partial charge >= 0.3 is 0 Å². The maximum absolute atomic E-state index is 12.5. The first-order valence-electron chi connectivity index (χ1n) is 7.84. The van der Waals surface area contributed by atoms with Crippen molar-refractivity contribution in [2.45, 2.75) is 4.90 Å². The van der Waals surface area contributed by atoms with Gasteiger partial charge < -0.3 is 9.80 Å². The van der Waals surface area contributed by atoms with E-state index in [1.54, 1.807) is 18.2 Å². The van der Waals surface area contributed by atoms with Gasteiger partial charge in [0.2, 0.25) is 0 Å². The Labute approximate surface area is 142 Å². The summed E-state index contributed by atoms with van der Waals surface area (Å²) in [6, 6.07) is 16.2. The van der Waals surface area contributed by atoms with E-state index >= 15 is 0 Å². The second-order valence-electron chi connectivity index (χ2n) is 5.91. The van der Waals surface area contributed by atoms with Crippen LogP contribution in [0.15, 0.2) is 59.5 Å². The lowest BCUT2D eigenvalue weighted by molar-refractivity contribution is 0.0747. The molecule has 1 fully saturated rings. The van der Waals surface area contributed by atoms with Crippen molar-refractivity contribution in [1.29, 1.82) is 0 Å². The normalized spacial score (nSPS) is 15.4. The van der Waals surface area contributed by atoms with Crippen LogP contribution in [0.3, 0.4) is 0 Å². The summed E-state index contributed by atoms with van der Waals surface area (Å²) >= 11 is 0. The maximum atomic E-state index is 12.5. The van der Waals surface area contributed by atoms with Gasteiger partial charge in [-0.1, -0.05) is 24.3 Å². The maximum Gasteiger partial charge on any atom is 0.253 e. The van der Waals surface area contributed by atoms with E-state index in [-0.39, 0.29) is 5.91 Å². The fourth-order valence-electron chi connectivity index (χ4n) is 2.84. The first kappa shape index (κ1) is 16.5. The fourth-order valence-corrected chi connectivity index (χ4v) is 3.50. The summed E-state index contributed by atoms with van der Waals surface area (Å²) in [6.45, 7) is 2.62. The lowest BCUT2D eigenvalue weighted by Crippen LogP contribution is -2.48. The number of anilines is 1. The minimum Gasteiger partial charge on any atom is -0.368 e. The zero-order valence-electron chi connectivity index (χ0n) is 13.6. The van der Waals surface area contributed by atoms with Gasteiger partial charge in [0.1, 0.15) is 0 Å². The van der Waals surface area contributed by atoms with Crippen LogP contribution >= 0.6 is 0 Å². The van der Waals surface area contributed by atoms with Crippen LogP contribution in [0.5, 0.6) is 0 Å². The predicted octanol–water partition coefficient (Wildman–Crippen LogP) is 2.05. The zero-order valence-corrected chi connectivity index (χ0v) is 14.4. The van der Waals surface area contributed by atoms with Crippen molar-refractivity contribution in [2.24, 2.45) is 0 Å². The van der Waals surface area contributed by atoms with Crippen molar-refractivity contribution in [1.82, 2.24) is 4.90 Å². The zero-order chi connectivity index (χ0) is 17.2. The number of amides is 1. The monoisotopic (exact) mass is 344 g/mol. The van der Waals surface area contributed by atoms with Crippen molar-refractivity contribution in [3.63, 3.8) is 0 Å². The van der Waals surface area contributed by atoms with Gasteiger partial charge in [-0.25, -0.2) is 8.42 Å². The molecule has 0 N–H and O–H groups in total. The summed E-state index contributed by atoms with van der Waals surface area (Å²) in [4.78, 5) is 16.7. The van der Waals surface area contributed by atoms with Crippen LogP contribution in [-0.2, 0) is 9.84 Å². The average Bonchev–Trinajstić information content (AvgIpc) is 2.61. The van der Waals surface area contributed by atoms with Gasteiger partial charge in [0, 0.05) is 43.7 Å². The van der Waals surface area contributed by atoms with Crippen LogP contribution in [0, 0.1) is 0 Å². The number of piperazine rings is 1. The van der Waals surface area contributed by atoms with Gasteiger partial charge in [-0.2, -0.15) is 0 Å². The number of hydrogen-bond acceptors (Lipinski definition) is 4. The van der Waals surface area contributed by atoms with Gasteiger partial charge in [-0.3, -0.25) is 4.79 Å². The van der Waals surface area contributed by atoms with Crippen molar-refractivity contribution in [2.75, 3.05) is 37.3 Å². The molecule has 24 heavy (non-hydrogen) atoms.